The number of halogens is 4. The molecule has 1 fully saturated rings. The molecule has 1 amide bonds. The van der Waals surface area contributed by atoms with Gasteiger partial charge in [0.2, 0.25) is 5.91 Å². The Labute approximate surface area is 132 Å². The SMILES string of the molecule is Cl.NC[C@H]1CCC[C@H]1C(=O)Nc1ccc(F)cc1OC(F)F. The minimum absolute atomic E-state index is 0. The smallest absolute Gasteiger partial charge is 0.387 e. The van der Waals surface area contributed by atoms with Crippen LogP contribution in [0.3, 0.4) is 0 Å². The van der Waals surface area contributed by atoms with Crippen molar-refractivity contribution in [3.63, 3.8) is 0 Å². The summed E-state index contributed by atoms with van der Waals surface area (Å²) < 4.78 is 42.0. The number of carbonyl (C=O) groups is 1. The summed E-state index contributed by atoms with van der Waals surface area (Å²) in [5.74, 6) is -1.57. The van der Waals surface area contributed by atoms with Gasteiger partial charge in [-0.1, -0.05) is 6.42 Å². The zero-order valence-electron chi connectivity index (χ0n) is 11.7. The Morgan fingerprint density at radius 3 is 2.77 bits per heavy atom. The van der Waals surface area contributed by atoms with Gasteiger partial charge in [-0.3, -0.25) is 4.79 Å². The Morgan fingerprint density at radius 2 is 2.14 bits per heavy atom. The van der Waals surface area contributed by atoms with E-state index in [1.807, 2.05) is 0 Å². The van der Waals surface area contributed by atoms with Crippen molar-refractivity contribution in [3.8, 4) is 5.75 Å². The topological polar surface area (TPSA) is 64.4 Å². The predicted octanol–water partition coefficient (Wildman–Crippen LogP) is 3.16. The van der Waals surface area contributed by atoms with E-state index in [0.717, 1.165) is 25.0 Å². The number of anilines is 1. The summed E-state index contributed by atoms with van der Waals surface area (Å²) >= 11 is 0. The highest BCUT2D eigenvalue weighted by molar-refractivity contribution is 5.94. The maximum absolute atomic E-state index is 13.1. The summed E-state index contributed by atoms with van der Waals surface area (Å²) in [6.45, 7) is -2.69. The zero-order chi connectivity index (χ0) is 15.4. The number of hydrogen-bond acceptors (Lipinski definition) is 3. The second-order valence-corrected chi connectivity index (χ2v) is 5.04. The van der Waals surface area contributed by atoms with Gasteiger partial charge in [0.1, 0.15) is 5.82 Å². The van der Waals surface area contributed by atoms with Crippen molar-refractivity contribution in [1.82, 2.24) is 0 Å². The van der Waals surface area contributed by atoms with Gasteiger partial charge in [-0.05, 0) is 37.4 Å². The van der Waals surface area contributed by atoms with Gasteiger partial charge in [-0.25, -0.2) is 4.39 Å². The average molecular weight is 339 g/mol. The van der Waals surface area contributed by atoms with Gasteiger partial charge in [0.05, 0.1) is 5.69 Å². The van der Waals surface area contributed by atoms with Crippen LogP contribution in [-0.4, -0.2) is 19.1 Å². The van der Waals surface area contributed by atoms with E-state index in [9.17, 15) is 18.0 Å². The minimum Gasteiger partial charge on any atom is -0.432 e. The Morgan fingerprint density at radius 1 is 1.41 bits per heavy atom. The van der Waals surface area contributed by atoms with E-state index in [1.54, 1.807) is 0 Å². The van der Waals surface area contributed by atoms with E-state index in [4.69, 9.17) is 5.73 Å². The minimum atomic E-state index is -3.09. The molecular weight excluding hydrogens is 321 g/mol. The second-order valence-electron chi connectivity index (χ2n) is 5.04. The average Bonchev–Trinajstić information content (AvgIpc) is 2.89. The van der Waals surface area contributed by atoms with Crippen molar-refractivity contribution in [3.05, 3.63) is 24.0 Å². The van der Waals surface area contributed by atoms with Gasteiger partial charge in [-0.2, -0.15) is 8.78 Å². The Hall–Kier alpha value is -1.47. The third kappa shape index (κ3) is 4.51. The van der Waals surface area contributed by atoms with Gasteiger partial charge in [0.15, 0.2) is 5.75 Å². The van der Waals surface area contributed by atoms with Gasteiger partial charge in [-0.15, -0.1) is 12.4 Å². The number of nitrogens with two attached hydrogens (primary N) is 1. The molecule has 0 heterocycles. The molecule has 0 radical (unpaired) electrons. The molecule has 0 unspecified atom stereocenters. The first-order valence-corrected chi connectivity index (χ1v) is 6.76. The molecule has 3 N–H and O–H groups in total. The van der Waals surface area contributed by atoms with E-state index in [-0.39, 0.29) is 41.6 Å². The van der Waals surface area contributed by atoms with Crippen LogP contribution in [0.1, 0.15) is 19.3 Å². The molecule has 0 bridgehead atoms. The van der Waals surface area contributed by atoms with E-state index in [2.05, 4.69) is 10.1 Å². The molecule has 124 valence electrons. The molecular formula is C14H18ClF3N2O2. The van der Waals surface area contributed by atoms with Crippen molar-refractivity contribution in [1.29, 1.82) is 0 Å². The fourth-order valence-electron chi connectivity index (χ4n) is 2.68. The fourth-order valence-corrected chi connectivity index (χ4v) is 2.68. The molecule has 0 aromatic heterocycles. The van der Waals surface area contributed by atoms with Crippen molar-refractivity contribution in [2.45, 2.75) is 25.9 Å². The molecule has 0 spiro atoms. The zero-order valence-corrected chi connectivity index (χ0v) is 12.5. The summed E-state index contributed by atoms with van der Waals surface area (Å²) in [7, 11) is 0. The van der Waals surface area contributed by atoms with Crippen LogP contribution in [0.25, 0.3) is 0 Å². The maximum Gasteiger partial charge on any atom is 0.387 e. The monoisotopic (exact) mass is 338 g/mol. The molecule has 1 aromatic rings. The van der Waals surface area contributed by atoms with Crippen LogP contribution in [0.15, 0.2) is 18.2 Å². The fraction of sp³-hybridized carbons (Fsp3) is 0.500. The molecule has 22 heavy (non-hydrogen) atoms. The number of benzene rings is 1. The Balaban J connectivity index is 0.00000242. The first kappa shape index (κ1) is 18.6. The largest absolute Gasteiger partial charge is 0.432 e. The van der Waals surface area contributed by atoms with Crippen LogP contribution >= 0.6 is 12.4 Å². The molecule has 0 aliphatic heterocycles. The number of carbonyl (C=O) groups excluding carboxylic acids is 1. The van der Waals surface area contributed by atoms with Crippen LogP contribution in [0, 0.1) is 17.7 Å². The lowest BCUT2D eigenvalue weighted by Crippen LogP contribution is -2.30. The lowest BCUT2D eigenvalue weighted by atomic mass is 9.95. The van der Waals surface area contributed by atoms with E-state index in [1.165, 1.54) is 6.07 Å². The van der Waals surface area contributed by atoms with Gasteiger partial charge in [0.25, 0.3) is 0 Å². The first-order valence-electron chi connectivity index (χ1n) is 6.76. The standard InChI is InChI=1S/C14H17F3N2O2.ClH/c15-9-4-5-11(12(6-9)21-14(16)17)19-13(20)10-3-1-2-8(10)7-18;/h4-6,8,10,14H,1-3,7,18H2,(H,19,20);1H/t8-,10-;/m1./s1. The third-order valence-corrected chi connectivity index (χ3v) is 3.72. The first-order chi connectivity index (χ1) is 10.0. The normalized spacial score (nSPS) is 20.6. The van der Waals surface area contributed by atoms with Gasteiger partial charge in [0, 0.05) is 12.0 Å². The van der Waals surface area contributed by atoms with E-state index < -0.39 is 12.4 Å². The van der Waals surface area contributed by atoms with Crippen LogP contribution in [0.2, 0.25) is 0 Å². The Bertz CT molecular complexity index is 517. The van der Waals surface area contributed by atoms with Crippen LogP contribution < -0.4 is 15.8 Å². The number of alkyl halides is 2. The predicted molar refractivity (Wildman–Crippen MR) is 78.8 cm³/mol. The maximum atomic E-state index is 13.1. The molecule has 2 rings (SSSR count). The number of rotatable bonds is 5. The van der Waals surface area contributed by atoms with Gasteiger partial charge >= 0.3 is 6.61 Å². The second kappa shape index (κ2) is 8.24. The third-order valence-electron chi connectivity index (χ3n) is 3.72. The molecule has 2 atom stereocenters. The van der Waals surface area contributed by atoms with Crippen LogP contribution in [0.4, 0.5) is 18.9 Å². The number of ether oxygens (including phenoxy) is 1. The number of amides is 1. The molecule has 1 aromatic carbocycles. The highest BCUT2D eigenvalue weighted by Crippen LogP contribution is 2.33. The lowest BCUT2D eigenvalue weighted by Gasteiger charge is -2.18. The van der Waals surface area contributed by atoms with Crippen LogP contribution in [-0.2, 0) is 4.79 Å². The number of nitrogens with one attached hydrogen (secondary N) is 1. The number of hydrogen-bond donors (Lipinski definition) is 2. The molecule has 1 aliphatic carbocycles. The molecule has 1 saturated carbocycles. The summed E-state index contributed by atoms with van der Waals surface area (Å²) in [6.07, 6.45) is 2.49. The Kier molecular flexibility index (Phi) is 6.96. The van der Waals surface area contributed by atoms with E-state index in [0.29, 0.717) is 13.0 Å². The highest BCUT2D eigenvalue weighted by atomic mass is 35.5. The van der Waals surface area contributed by atoms with Crippen molar-refractivity contribution in [2.75, 3.05) is 11.9 Å². The van der Waals surface area contributed by atoms with Crippen molar-refractivity contribution < 1.29 is 22.7 Å². The summed E-state index contributed by atoms with van der Waals surface area (Å²) in [5.41, 5.74) is 5.65. The summed E-state index contributed by atoms with van der Waals surface area (Å²) in [6, 6.07) is 3.09. The summed E-state index contributed by atoms with van der Waals surface area (Å²) in [5, 5.41) is 2.53. The summed E-state index contributed by atoms with van der Waals surface area (Å²) in [4.78, 5) is 12.2. The van der Waals surface area contributed by atoms with Crippen molar-refractivity contribution in [2.24, 2.45) is 17.6 Å². The molecule has 1 aliphatic rings. The quantitative estimate of drug-likeness (QED) is 0.866. The van der Waals surface area contributed by atoms with Crippen LogP contribution in [0.5, 0.6) is 5.75 Å². The molecule has 8 heteroatoms. The molecule has 0 saturated heterocycles. The van der Waals surface area contributed by atoms with Gasteiger partial charge < -0.3 is 15.8 Å². The van der Waals surface area contributed by atoms with Crippen molar-refractivity contribution >= 4 is 24.0 Å². The highest BCUT2D eigenvalue weighted by Gasteiger charge is 2.32. The lowest BCUT2D eigenvalue weighted by molar-refractivity contribution is -0.120. The molecule has 4 nitrogen and oxygen atoms in total. The van der Waals surface area contributed by atoms with E-state index >= 15 is 0 Å².